The van der Waals surface area contributed by atoms with Gasteiger partial charge >= 0.3 is 0 Å². The Morgan fingerprint density at radius 2 is 2.08 bits per heavy atom. The molecular weight excluding hydrogens is 152 g/mol. The van der Waals surface area contributed by atoms with Crippen LogP contribution in [-0.2, 0) is 0 Å². The van der Waals surface area contributed by atoms with E-state index in [0.29, 0.717) is 6.04 Å². The average molecular weight is 172 g/mol. The number of likely N-dealkylation sites (tertiary alicyclic amines) is 1. The van der Waals surface area contributed by atoms with Crippen LogP contribution in [0.2, 0.25) is 0 Å². The standard InChI is InChI=1S/C8H20N4/c1-11-5-3-8(4-6-11)12(2)7-10-9/h8,10H,3-7,9H2,1-2H3. The molecule has 0 aliphatic carbocycles. The summed E-state index contributed by atoms with van der Waals surface area (Å²) in [6.07, 6.45) is 2.52. The monoisotopic (exact) mass is 172 g/mol. The van der Waals surface area contributed by atoms with Crippen LogP contribution in [0.3, 0.4) is 0 Å². The van der Waals surface area contributed by atoms with Crippen molar-refractivity contribution < 1.29 is 0 Å². The van der Waals surface area contributed by atoms with Crippen molar-refractivity contribution in [3.8, 4) is 0 Å². The molecule has 1 fully saturated rings. The maximum Gasteiger partial charge on any atom is 0.0612 e. The van der Waals surface area contributed by atoms with Crippen molar-refractivity contribution in [3.05, 3.63) is 0 Å². The molecule has 0 atom stereocenters. The molecule has 0 aromatic rings. The smallest absolute Gasteiger partial charge is 0.0612 e. The quantitative estimate of drug-likeness (QED) is 0.340. The molecule has 4 heteroatoms. The van der Waals surface area contributed by atoms with Crippen molar-refractivity contribution in [2.75, 3.05) is 33.9 Å². The molecular formula is C8H20N4. The molecule has 0 bridgehead atoms. The van der Waals surface area contributed by atoms with Gasteiger partial charge in [-0.15, -0.1) is 0 Å². The van der Waals surface area contributed by atoms with Crippen molar-refractivity contribution in [2.45, 2.75) is 18.9 Å². The first-order chi connectivity index (χ1) is 5.74. The third-order valence-corrected chi connectivity index (χ3v) is 2.65. The summed E-state index contributed by atoms with van der Waals surface area (Å²) in [5.74, 6) is 5.26. The van der Waals surface area contributed by atoms with Crippen LogP contribution in [0.25, 0.3) is 0 Å². The summed E-state index contributed by atoms with van der Waals surface area (Å²) in [4.78, 5) is 4.66. The molecule has 0 aromatic heterocycles. The summed E-state index contributed by atoms with van der Waals surface area (Å²) in [5.41, 5.74) is 2.69. The number of rotatable bonds is 3. The molecule has 0 unspecified atom stereocenters. The lowest BCUT2D eigenvalue weighted by Crippen LogP contribution is -2.46. The van der Waals surface area contributed by atoms with Crippen molar-refractivity contribution in [1.29, 1.82) is 0 Å². The lowest BCUT2D eigenvalue weighted by atomic mass is 10.0. The number of nitrogens with one attached hydrogen (secondary N) is 1. The zero-order chi connectivity index (χ0) is 8.97. The minimum absolute atomic E-state index is 0.706. The van der Waals surface area contributed by atoms with E-state index in [-0.39, 0.29) is 0 Å². The van der Waals surface area contributed by atoms with Gasteiger partial charge in [-0.05, 0) is 40.0 Å². The Kier molecular flexibility index (Phi) is 3.94. The summed E-state index contributed by atoms with van der Waals surface area (Å²) in [5, 5.41) is 0. The summed E-state index contributed by atoms with van der Waals surface area (Å²) in [6, 6.07) is 0.706. The summed E-state index contributed by atoms with van der Waals surface area (Å²) >= 11 is 0. The Morgan fingerprint density at radius 3 is 2.58 bits per heavy atom. The van der Waals surface area contributed by atoms with E-state index in [0.717, 1.165) is 6.67 Å². The molecule has 4 nitrogen and oxygen atoms in total. The van der Waals surface area contributed by atoms with Gasteiger partial charge in [0.05, 0.1) is 6.67 Å². The maximum absolute atomic E-state index is 5.26. The number of hydrazine groups is 1. The third kappa shape index (κ3) is 2.71. The Bertz CT molecular complexity index is 120. The number of piperidine rings is 1. The van der Waals surface area contributed by atoms with Crippen LogP contribution in [0, 0.1) is 0 Å². The first kappa shape index (κ1) is 9.92. The fourth-order valence-corrected chi connectivity index (χ4v) is 1.71. The van der Waals surface area contributed by atoms with E-state index < -0.39 is 0 Å². The fourth-order valence-electron chi connectivity index (χ4n) is 1.71. The van der Waals surface area contributed by atoms with Crippen LogP contribution in [0.15, 0.2) is 0 Å². The number of hydrogen-bond donors (Lipinski definition) is 2. The normalized spacial score (nSPS) is 22.0. The second-order valence-electron chi connectivity index (χ2n) is 3.65. The minimum Gasteiger partial charge on any atom is -0.306 e. The van der Waals surface area contributed by atoms with Crippen LogP contribution in [0.4, 0.5) is 0 Å². The summed E-state index contributed by atoms with van der Waals surface area (Å²) < 4.78 is 0. The fraction of sp³-hybridized carbons (Fsp3) is 1.00. The molecule has 3 N–H and O–H groups in total. The first-order valence-electron chi connectivity index (χ1n) is 4.56. The van der Waals surface area contributed by atoms with E-state index in [1.54, 1.807) is 0 Å². The highest BCUT2D eigenvalue weighted by Gasteiger charge is 2.19. The minimum atomic E-state index is 0.706. The van der Waals surface area contributed by atoms with Crippen LogP contribution >= 0.6 is 0 Å². The molecule has 1 heterocycles. The van der Waals surface area contributed by atoms with Crippen LogP contribution in [0.1, 0.15) is 12.8 Å². The molecule has 72 valence electrons. The zero-order valence-electron chi connectivity index (χ0n) is 8.08. The molecule has 0 radical (unpaired) electrons. The molecule has 1 aliphatic rings. The highest BCUT2D eigenvalue weighted by Crippen LogP contribution is 2.12. The highest BCUT2D eigenvalue weighted by atomic mass is 15.3. The van der Waals surface area contributed by atoms with Crippen molar-refractivity contribution in [1.82, 2.24) is 15.2 Å². The van der Waals surface area contributed by atoms with E-state index >= 15 is 0 Å². The van der Waals surface area contributed by atoms with Gasteiger partial charge in [-0.3, -0.25) is 10.7 Å². The van der Waals surface area contributed by atoms with Gasteiger partial charge < -0.3 is 4.90 Å². The first-order valence-corrected chi connectivity index (χ1v) is 4.56. The number of nitrogens with zero attached hydrogens (tertiary/aromatic N) is 2. The van der Waals surface area contributed by atoms with E-state index in [1.807, 2.05) is 0 Å². The van der Waals surface area contributed by atoms with Gasteiger partial charge in [0.25, 0.3) is 0 Å². The molecule has 1 rings (SSSR count). The molecule has 0 spiro atoms. The van der Waals surface area contributed by atoms with Gasteiger partial charge in [0.2, 0.25) is 0 Å². The SMILES string of the molecule is CN1CCC(N(C)CNN)CC1. The predicted molar refractivity (Wildman–Crippen MR) is 50.5 cm³/mol. The Balaban J connectivity index is 2.24. The topological polar surface area (TPSA) is 44.5 Å². The van der Waals surface area contributed by atoms with Crippen LogP contribution in [0.5, 0.6) is 0 Å². The molecule has 0 saturated carbocycles. The Morgan fingerprint density at radius 1 is 1.50 bits per heavy atom. The molecule has 1 saturated heterocycles. The van der Waals surface area contributed by atoms with Crippen LogP contribution in [-0.4, -0.2) is 49.7 Å². The highest BCUT2D eigenvalue weighted by molar-refractivity contribution is 4.75. The van der Waals surface area contributed by atoms with Gasteiger partial charge in [0.15, 0.2) is 0 Å². The molecule has 1 aliphatic heterocycles. The molecule has 12 heavy (non-hydrogen) atoms. The maximum atomic E-state index is 5.26. The van der Waals surface area contributed by atoms with Gasteiger partial charge in [0.1, 0.15) is 0 Å². The van der Waals surface area contributed by atoms with Crippen molar-refractivity contribution in [2.24, 2.45) is 5.84 Å². The average Bonchev–Trinajstić information content (AvgIpc) is 2.06. The largest absolute Gasteiger partial charge is 0.306 e. The second-order valence-corrected chi connectivity index (χ2v) is 3.65. The third-order valence-electron chi connectivity index (χ3n) is 2.65. The predicted octanol–water partition coefficient (Wildman–Crippen LogP) is -0.567. The summed E-state index contributed by atoms with van der Waals surface area (Å²) in [7, 11) is 4.30. The van der Waals surface area contributed by atoms with E-state index in [9.17, 15) is 0 Å². The van der Waals surface area contributed by atoms with Gasteiger partial charge in [-0.1, -0.05) is 0 Å². The summed E-state index contributed by atoms with van der Waals surface area (Å²) in [6.45, 7) is 3.20. The van der Waals surface area contributed by atoms with E-state index in [2.05, 4.69) is 29.3 Å². The Labute approximate surface area is 74.7 Å². The number of hydrogen-bond acceptors (Lipinski definition) is 4. The zero-order valence-corrected chi connectivity index (χ0v) is 8.08. The lowest BCUT2D eigenvalue weighted by molar-refractivity contribution is 0.137. The van der Waals surface area contributed by atoms with E-state index in [4.69, 9.17) is 5.84 Å². The molecule has 0 amide bonds. The Hall–Kier alpha value is -0.160. The van der Waals surface area contributed by atoms with Crippen molar-refractivity contribution >= 4 is 0 Å². The van der Waals surface area contributed by atoms with Gasteiger partial charge in [-0.25, -0.2) is 5.43 Å². The van der Waals surface area contributed by atoms with E-state index in [1.165, 1.54) is 25.9 Å². The van der Waals surface area contributed by atoms with Gasteiger partial charge in [-0.2, -0.15) is 0 Å². The second kappa shape index (κ2) is 4.77. The number of nitrogens with two attached hydrogens (primary N) is 1. The molecule has 0 aromatic carbocycles. The van der Waals surface area contributed by atoms with Gasteiger partial charge in [0, 0.05) is 6.04 Å². The lowest BCUT2D eigenvalue weighted by Gasteiger charge is -2.34. The van der Waals surface area contributed by atoms with Crippen LogP contribution < -0.4 is 11.3 Å². The van der Waals surface area contributed by atoms with Crippen molar-refractivity contribution in [3.63, 3.8) is 0 Å².